The molecule has 0 amide bonds. The molecule has 6 aliphatic carbocycles. The minimum Gasteiger partial charge on any atom is -0.461 e. The van der Waals surface area contributed by atoms with Gasteiger partial charge in [0.2, 0.25) is 0 Å². The number of hydrogen-bond donors (Lipinski definition) is 0. The van der Waals surface area contributed by atoms with E-state index in [0.717, 1.165) is 37.3 Å². The maximum absolute atomic E-state index is 10.0. The van der Waals surface area contributed by atoms with Gasteiger partial charge in [0.05, 0.1) is 12.6 Å². The van der Waals surface area contributed by atoms with Crippen LogP contribution in [-0.4, -0.2) is 13.1 Å². The average molecular weight is 740 g/mol. The van der Waals surface area contributed by atoms with Gasteiger partial charge in [0.25, 0.3) is 5.70 Å². The molecule has 0 N–H and O–H groups in total. The number of ether oxygens (including phenoxy) is 1. The van der Waals surface area contributed by atoms with E-state index in [1.54, 1.807) is 11.3 Å². The maximum Gasteiger partial charge on any atom is 0.269 e. The molecule has 4 bridgehead atoms. The first-order chi connectivity index (χ1) is 26.5. The molecule has 0 saturated heterocycles. The maximum atomic E-state index is 10.0. The molecule has 0 aromatic heterocycles. The van der Waals surface area contributed by atoms with Crippen LogP contribution in [-0.2, 0) is 15.6 Å². The van der Waals surface area contributed by atoms with E-state index in [2.05, 4.69) is 80.8 Å². The Balaban J connectivity index is 1.11. The van der Waals surface area contributed by atoms with Crippen molar-refractivity contribution < 1.29 is 4.74 Å². The molecule has 4 heteroatoms. The van der Waals surface area contributed by atoms with Crippen molar-refractivity contribution in [1.82, 2.24) is 0 Å². The summed E-state index contributed by atoms with van der Waals surface area (Å²) in [6.07, 6.45) is 37.5. The lowest BCUT2D eigenvalue weighted by atomic mass is 9.43. The predicted octanol–water partition coefficient (Wildman–Crippen LogP) is 14.2. The highest BCUT2D eigenvalue weighted by Gasteiger charge is 2.59. The molecular weight excluding hydrogens is 671 g/mol. The van der Waals surface area contributed by atoms with Gasteiger partial charge >= 0.3 is 0 Å². The monoisotopic (exact) mass is 740 g/mol. The molecule has 1 aromatic rings. The summed E-state index contributed by atoms with van der Waals surface area (Å²) in [6, 6.07) is 7.26. The Bertz CT molecular complexity index is 1810. The van der Waals surface area contributed by atoms with Crippen LogP contribution >= 0.6 is 0 Å². The summed E-state index contributed by atoms with van der Waals surface area (Å²) in [5.74, 6) is 1.75. The quantitative estimate of drug-likeness (QED) is 0.122. The third-order valence-electron chi connectivity index (χ3n) is 17.5. The van der Waals surface area contributed by atoms with E-state index < -0.39 is 0 Å². The smallest absolute Gasteiger partial charge is 0.269 e. The van der Waals surface area contributed by atoms with Crippen molar-refractivity contribution in [2.45, 2.75) is 187 Å². The molecule has 1 unspecified atom stereocenters. The van der Waals surface area contributed by atoms with Crippen molar-refractivity contribution >= 4 is 11.8 Å². The van der Waals surface area contributed by atoms with Crippen molar-refractivity contribution in [3.8, 4) is 6.07 Å². The van der Waals surface area contributed by atoms with Crippen LogP contribution in [0, 0.1) is 39.6 Å². The molecule has 6 saturated carbocycles. The fraction of sp³-hybridized carbons (Fsp3) is 0.686. The first-order valence-corrected chi connectivity index (χ1v) is 22.7. The Morgan fingerprint density at radius 3 is 1.93 bits per heavy atom. The lowest BCUT2D eigenvalue weighted by Crippen LogP contribution is -2.56. The molecule has 10 rings (SSSR count). The number of benzene rings is 1. The van der Waals surface area contributed by atoms with Crippen LogP contribution in [0.3, 0.4) is 0 Å². The number of nitriles is 1. The fourth-order valence-electron chi connectivity index (χ4n) is 13.3. The summed E-state index contributed by atoms with van der Waals surface area (Å²) in [5.41, 5.74) is 8.60. The van der Waals surface area contributed by atoms with Crippen LogP contribution in [0.5, 0.6) is 0 Å². The van der Waals surface area contributed by atoms with Gasteiger partial charge in [0, 0.05) is 29.6 Å². The van der Waals surface area contributed by atoms with Crippen LogP contribution in [0.25, 0.3) is 10.9 Å². The van der Waals surface area contributed by atoms with Gasteiger partial charge in [-0.05, 0) is 177 Å². The zero-order valence-corrected chi connectivity index (χ0v) is 35.2. The minimum absolute atomic E-state index is 0.00583. The van der Waals surface area contributed by atoms with Crippen LogP contribution in [0.1, 0.15) is 193 Å². The van der Waals surface area contributed by atoms with Gasteiger partial charge in [0.1, 0.15) is 11.5 Å². The van der Waals surface area contributed by atoms with Gasteiger partial charge in [-0.2, -0.15) is 0 Å². The molecule has 3 heterocycles. The lowest BCUT2D eigenvalue weighted by Gasteiger charge is -2.63. The molecule has 6 fully saturated rings. The number of fused-ring (bicyclic) bond motifs is 6. The van der Waals surface area contributed by atoms with Gasteiger partial charge in [-0.15, -0.1) is 0 Å². The number of rotatable bonds is 12. The Morgan fingerprint density at radius 2 is 1.35 bits per heavy atom. The van der Waals surface area contributed by atoms with Gasteiger partial charge in [-0.1, -0.05) is 79.2 Å². The van der Waals surface area contributed by atoms with Gasteiger partial charge in [-0.25, -0.2) is 10.1 Å². The molecule has 9 aliphatic rings. The summed E-state index contributed by atoms with van der Waals surface area (Å²) in [4.78, 5) is 6.41. The highest BCUT2D eigenvalue weighted by Crippen LogP contribution is 2.68. The topological polar surface area (TPSA) is 40.6 Å². The minimum atomic E-state index is 0.00583. The molecular formula is C51H69N3O. The molecule has 3 aliphatic heterocycles. The van der Waals surface area contributed by atoms with Crippen molar-refractivity contribution in [3.05, 3.63) is 81.3 Å². The first kappa shape index (κ1) is 38.6. The Morgan fingerprint density at radius 1 is 0.764 bits per heavy atom. The molecule has 0 spiro atoms. The van der Waals surface area contributed by atoms with Crippen molar-refractivity contribution in [2.75, 3.05) is 18.0 Å². The number of nitrogens with zero attached hydrogens (tertiary/aromatic N) is 3. The lowest BCUT2D eigenvalue weighted by molar-refractivity contribution is -0.0662. The predicted molar refractivity (Wildman–Crippen MR) is 227 cm³/mol. The molecule has 294 valence electrons. The zero-order valence-electron chi connectivity index (χ0n) is 35.2. The SMILES string of the molecule is [C-]#[N+]/C(C#N)=C1C=C(/C=C/c2cc3c4c(c2)C(C)(C25CCC(CCCCC)(CC2)CC5)CCN4CCC3(C)C)OC(C23CCC(CCCCC)(CC2)CC3)=C\1. The fourth-order valence-corrected chi connectivity index (χ4v) is 13.3. The molecule has 0 radical (unpaired) electrons. The van der Waals surface area contributed by atoms with E-state index in [-0.39, 0.29) is 21.9 Å². The summed E-state index contributed by atoms with van der Waals surface area (Å²) < 4.78 is 6.91. The number of unbranched alkanes of at least 4 members (excludes halogenated alkanes) is 4. The van der Waals surface area contributed by atoms with E-state index in [9.17, 15) is 5.26 Å². The largest absolute Gasteiger partial charge is 0.461 e. The van der Waals surface area contributed by atoms with Crippen LogP contribution < -0.4 is 4.90 Å². The number of hydrogen-bond acceptors (Lipinski definition) is 3. The van der Waals surface area contributed by atoms with E-state index in [0.29, 0.717) is 21.8 Å². The summed E-state index contributed by atoms with van der Waals surface area (Å²) in [5, 5.41) is 10.0. The van der Waals surface area contributed by atoms with Crippen molar-refractivity contribution in [1.29, 1.82) is 5.26 Å². The van der Waals surface area contributed by atoms with Gasteiger partial charge in [-0.3, -0.25) is 0 Å². The normalized spacial score (nSPS) is 35.4. The summed E-state index contributed by atoms with van der Waals surface area (Å²) in [6.45, 7) is 22.4. The first-order valence-electron chi connectivity index (χ1n) is 22.7. The highest BCUT2D eigenvalue weighted by molar-refractivity contribution is 5.73. The molecule has 1 atom stereocenters. The van der Waals surface area contributed by atoms with Crippen LogP contribution in [0.4, 0.5) is 5.69 Å². The van der Waals surface area contributed by atoms with E-state index in [1.807, 2.05) is 6.08 Å². The van der Waals surface area contributed by atoms with Crippen LogP contribution in [0.2, 0.25) is 0 Å². The van der Waals surface area contributed by atoms with E-state index in [1.165, 1.54) is 140 Å². The number of allylic oxidation sites excluding steroid dienone is 6. The van der Waals surface area contributed by atoms with Crippen LogP contribution in [0.15, 0.2) is 53.1 Å². The molecule has 1 aromatic carbocycles. The zero-order chi connectivity index (χ0) is 38.5. The summed E-state index contributed by atoms with van der Waals surface area (Å²) >= 11 is 0. The third-order valence-corrected chi connectivity index (χ3v) is 17.5. The Labute approximate surface area is 334 Å². The summed E-state index contributed by atoms with van der Waals surface area (Å²) in [7, 11) is 0. The Kier molecular flexibility index (Phi) is 10.3. The highest BCUT2D eigenvalue weighted by atomic mass is 16.5. The molecule has 4 nitrogen and oxygen atoms in total. The van der Waals surface area contributed by atoms with Crippen molar-refractivity contribution in [3.63, 3.8) is 0 Å². The second-order valence-corrected chi connectivity index (χ2v) is 20.7. The van der Waals surface area contributed by atoms with Gasteiger partial charge < -0.3 is 9.64 Å². The van der Waals surface area contributed by atoms with Gasteiger partial charge in [0.15, 0.2) is 0 Å². The molecule has 55 heavy (non-hydrogen) atoms. The average Bonchev–Trinajstić information content (AvgIpc) is 3.21. The number of anilines is 1. The van der Waals surface area contributed by atoms with E-state index >= 15 is 0 Å². The van der Waals surface area contributed by atoms with E-state index in [4.69, 9.17) is 11.3 Å². The second-order valence-electron chi connectivity index (χ2n) is 20.7. The second kappa shape index (κ2) is 14.6. The van der Waals surface area contributed by atoms with Crippen molar-refractivity contribution in [2.24, 2.45) is 21.7 Å². The third kappa shape index (κ3) is 6.65. The standard InChI is InChI=1S/C51H69N3O/c1-7-9-11-15-48-17-23-50(24-18-48,25-19-48)44-36-39(43(37-52)53-6)35-40(55-44)14-13-38-33-41-45-42(34-38)47(5,30-32-54(45)31-29-46(41,3)4)51-26-20-49(21-27-51,22-28-51)16-12-10-8-2/h13-14,33-36H,7-12,15-32H2,1-5H3/b14-13+,43-39+. The Hall–Kier alpha value is -3.24.